The number of anilines is 1. The molecule has 19 heavy (non-hydrogen) atoms. The number of benzene rings is 1. The molecule has 1 aromatic rings. The fourth-order valence-corrected chi connectivity index (χ4v) is 3.24. The summed E-state index contributed by atoms with van der Waals surface area (Å²) in [6.45, 7) is 5.71. The summed E-state index contributed by atoms with van der Waals surface area (Å²) < 4.78 is 5.69. The molecule has 4 nitrogen and oxygen atoms in total. The number of aryl methyl sites for hydroxylation is 1. The van der Waals surface area contributed by atoms with E-state index >= 15 is 0 Å². The van der Waals surface area contributed by atoms with E-state index < -0.39 is 0 Å². The predicted octanol–water partition coefficient (Wildman–Crippen LogP) is 2.07. The van der Waals surface area contributed by atoms with Crippen LogP contribution in [0, 0.1) is 6.92 Å². The van der Waals surface area contributed by atoms with Crippen molar-refractivity contribution in [3.05, 3.63) is 29.8 Å². The van der Waals surface area contributed by atoms with Crippen molar-refractivity contribution < 1.29 is 4.74 Å². The van der Waals surface area contributed by atoms with E-state index in [0.29, 0.717) is 12.1 Å². The first-order valence-corrected chi connectivity index (χ1v) is 6.93. The number of aliphatic imine (C=N–C) groups is 1. The standard InChI is InChI=1S/C15H21N3O/c1-3-19-13-8-15(9-13)10-17-14(16)18(15)12-6-4-5-11(2)7-12/h4-7,13H,3,8-10H2,1-2H3,(H2,16,17). The second kappa shape index (κ2) is 4.53. The number of nitrogens with zero attached hydrogens (tertiary/aromatic N) is 2. The lowest BCUT2D eigenvalue weighted by molar-refractivity contribution is -0.0306. The van der Waals surface area contributed by atoms with Crippen molar-refractivity contribution in [1.82, 2.24) is 0 Å². The number of hydrogen-bond acceptors (Lipinski definition) is 4. The van der Waals surface area contributed by atoms with Crippen LogP contribution < -0.4 is 10.6 Å². The highest BCUT2D eigenvalue weighted by molar-refractivity contribution is 5.98. The number of hydrogen-bond donors (Lipinski definition) is 1. The van der Waals surface area contributed by atoms with Crippen LogP contribution in [0.25, 0.3) is 0 Å². The Balaban J connectivity index is 1.84. The first-order valence-electron chi connectivity index (χ1n) is 6.93. The number of ether oxygens (including phenoxy) is 1. The van der Waals surface area contributed by atoms with Crippen LogP contribution in [0.2, 0.25) is 0 Å². The summed E-state index contributed by atoms with van der Waals surface area (Å²) in [6, 6.07) is 8.45. The van der Waals surface area contributed by atoms with Gasteiger partial charge in [-0.2, -0.15) is 0 Å². The Kier molecular flexibility index (Phi) is 2.97. The Hall–Kier alpha value is -1.55. The monoisotopic (exact) mass is 259 g/mol. The summed E-state index contributed by atoms with van der Waals surface area (Å²) in [4.78, 5) is 6.66. The predicted molar refractivity (Wildman–Crippen MR) is 77.5 cm³/mol. The van der Waals surface area contributed by atoms with Gasteiger partial charge in [-0.25, -0.2) is 0 Å². The highest BCUT2D eigenvalue weighted by Gasteiger charge is 2.53. The molecule has 4 heteroatoms. The van der Waals surface area contributed by atoms with Gasteiger partial charge in [0.15, 0.2) is 5.96 Å². The van der Waals surface area contributed by atoms with Crippen molar-refractivity contribution in [2.24, 2.45) is 10.7 Å². The van der Waals surface area contributed by atoms with Crippen LogP contribution in [0.4, 0.5) is 5.69 Å². The van der Waals surface area contributed by atoms with Gasteiger partial charge >= 0.3 is 0 Å². The minimum Gasteiger partial charge on any atom is -0.378 e. The molecule has 0 saturated heterocycles. The van der Waals surface area contributed by atoms with Crippen LogP contribution in [-0.2, 0) is 4.74 Å². The van der Waals surface area contributed by atoms with Crippen molar-refractivity contribution >= 4 is 11.6 Å². The Morgan fingerprint density at radius 1 is 1.47 bits per heavy atom. The maximum atomic E-state index is 6.10. The summed E-state index contributed by atoms with van der Waals surface area (Å²) in [5, 5.41) is 0. The van der Waals surface area contributed by atoms with Gasteiger partial charge in [-0.15, -0.1) is 0 Å². The summed E-state index contributed by atoms with van der Waals surface area (Å²) >= 11 is 0. The van der Waals surface area contributed by atoms with Gasteiger partial charge in [0.1, 0.15) is 0 Å². The van der Waals surface area contributed by atoms with Gasteiger partial charge in [0.2, 0.25) is 0 Å². The third-order valence-corrected chi connectivity index (χ3v) is 4.12. The molecule has 0 radical (unpaired) electrons. The minimum atomic E-state index is 0.0533. The Morgan fingerprint density at radius 3 is 2.95 bits per heavy atom. The van der Waals surface area contributed by atoms with E-state index in [0.717, 1.165) is 31.7 Å². The second-order valence-corrected chi connectivity index (χ2v) is 5.56. The van der Waals surface area contributed by atoms with E-state index in [4.69, 9.17) is 10.5 Å². The zero-order valence-electron chi connectivity index (χ0n) is 11.6. The number of nitrogens with two attached hydrogens (primary N) is 1. The molecule has 0 bridgehead atoms. The number of rotatable bonds is 3. The topological polar surface area (TPSA) is 50.9 Å². The average Bonchev–Trinajstić information content (AvgIpc) is 2.67. The van der Waals surface area contributed by atoms with Crippen LogP contribution >= 0.6 is 0 Å². The lowest BCUT2D eigenvalue weighted by atomic mass is 9.73. The van der Waals surface area contributed by atoms with E-state index in [2.05, 4.69) is 41.1 Å². The normalized spacial score (nSPS) is 29.5. The molecular weight excluding hydrogens is 238 g/mol. The minimum absolute atomic E-state index is 0.0533. The zero-order chi connectivity index (χ0) is 13.5. The first kappa shape index (κ1) is 12.5. The molecule has 0 unspecified atom stereocenters. The molecule has 1 fully saturated rings. The van der Waals surface area contributed by atoms with E-state index in [-0.39, 0.29) is 5.54 Å². The fourth-order valence-electron chi connectivity index (χ4n) is 3.24. The first-order chi connectivity index (χ1) is 9.14. The quantitative estimate of drug-likeness (QED) is 0.904. The molecule has 1 spiro atoms. The molecule has 3 rings (SSSR count). The van der Waals surface area contributed by atoms with Gasteiger partial charge in [-0.05, 0) is 44.4 Å². The van der Waals surface area contributed by atoms with Crippen molar-refractivity contribution in [3.8, 4) is 0 Å². The molecule has 102 valence electrons. The molecule has 2 aliphatic rings. The molecule has 0 aromatic heterocycles. The third kappa shape index (κ3) is 2.00. The van der Waals surface area contributed by atoms with E-state index in [1.165, 1.54) is 5.56 Å². The smallest absolute Gasteiger partial charge is 0.196 e. The Labute approximate surface area is 114 Å². The summed E-state index contributed by atoms with van der Waals surface area (Å²) in [7, 11) is 0. The van der Waals surface area contributed by atoms with Gasteiger partial charge in [-0.1, -0.05) is 12.1 Å². The largest absolute Gasteiger partial charge is 0.378 e. The van der Waals surface area contributed by atoms with E-state index in [9.17, 15) is 0 Å². The fraction of sp³-hybridized carbons (Fsp3) is 0.533. The van der Waals surface area contributed by atoms with Gasteiger partial charge in [-0.3, -0.25) is 4.99 Å². The van der Waals surface area contributed by atoms with Crippen LogP contribution in [-0.4, -0.2) is 30.8 Å². The summed E-state index contributed by atoms with van der Waals surface area (Å²) in [5.74, 6) is 0.639. The molecule has 1 aromatic carbocycles. The van der Waals surface area contributed by atoms with Crippen molar-refractivity contribution in [2.75, 3.05) is 18.1 Å². The lowest BCUT2D eigenvalue weighted by Crippen LogP contribution is -2.62. The van der Waals surface area contributed by atoms with Crippen LogP contribution in [0.15, 0.2) is 29.3 Å². The van der Waals surface area contributed by atoms with Crippen LogP contribution in [0.1, 0.15) is 25.3 Å². The van der Waals surface area contributed by atoms with Gasteiger partial charge in [0.05, 0.1) is 18.2 Å². The molecule has 1 aliphatic heterocycles. The Bertz CT molecular complexity index is 506. The maximum Gasteiger partial charge on any atom is 0.196 e. The van der Waals surface area contributed by atoms with Crippen LogP contribution in [0.3, 0.4) is 0 Å². The highest BCUT2D eigenvalue weighted by atomic mass is 16.5. The molecule has 2 N–H and O–H groups in total. The third-order valence-electron chi connectivity index (χ3n) is 4.12. The molecule has 1 heterocycles. The lowest BCUT2D eigenvalue weighted by Gasteiger charge is -2.50. The SMILES string of the molecule is CCOC1CC2(CN=C(N)N2c2cccc(C)c2)C1. The second-order valence-electron chi connectivity index (χ2n) is 5.56. The summed E-state index contributed by atoms with van der Waals surface area (Å²) in [5.41, 5.74) is 8.54. The molecule has 0 atom stereocenters. The molecular formula is C15H21N3O. The molecule has 1 aliphatic carbocycles. The highest BCUT2D eigenvalue weighted by Crippen LogP contribution is 2.44. The number of guanidine groups is 1. The molecule has 0 amide bonds. The van der Waals surface area contributed by atoms with Gasteiger partial charge < -0.3 is 15.4 Å². The van der Waals surface area contributed by atoms with Gasteiger partial charge in [0.25, 0.3) is 0 Å². The van der Waals surface area contributed by atoms with E-state index in [1.807, 2.05) is 6.92 Å². The van der Waals surface area contributed by atoms with Crippen molar-refractivity contribution in [1.29, 1.82) is 0 Å². The Morgan fingerprint density at radius 2 is 2.26 bits per heavy atom. The van der Waals surface area contributed by atoms with E-state index in [1.54, 1.807) is 0 Å². The van der Waals surface area contributed by atoms with Crippen molar-refractivity contribution in [3.63, 3.8) is 0 Å². The van der Waals surface area contributed by atoms with Gasteiger partial charge in [0, 0.05) is 12.3 Å². The average molecular weight is 259 g/mol. The van der Waals surface area contributed by atoms with Crippen LogP contribution in [0.5, 0.6) is 0 Å². The maximum absolute atomic E-state index is 6.10. The summed E-state index contributed by atoms with van der Waals surface area (Å²) in [6.07, 6.45) is 2.39. The molecule has 1 saturated carbocycles. The zero-order valence-corrected chi connectivity index (χ0v) is 11.6. The van der Waals surface area contributed by atoms with Crippen molar-refractivity contribution in [2.45, 2.75) is 38.3 Å².